The summed E-state index contributed by atoms with van der Waals surface area (Å²) in [4.78, 5) is 12.4. The van der Waals surface area contributed by atoms with Crippen LogP contribution in [0.3, 0.4) is 0 Å². The molecule has 5 heteroatoms. The number of hydrogen-bond donors (Lipinski definition) is 1. The van der Waals surface area contributed by atoms with Crippen LogP contribution in [0.5, 0.6) is 5.75 Å². The quantitative estimate of drug-likeness (QED) is 0.669. The van der Waals surface area contributed by atoms with Crippen LogP contribution in [0.1, 0.15) is 12.5 Å². The topological polar surface area (TPSA) is 66.6 Å². The fourth-order valence-electron chi connectivity index (χ4n) is 2.04. The summed E-state index contributed by atoms with van der Waals surface area (Å²) in [6.07, 6.45) is 0. The standard InChI is InChI=1S/C15H16N2O3/c1-2-16(13-6-4-3-5-7-13)11-12-10-14(17(19)20)8-9-15(12)18/h3-10,18H,2,11H2,1H3. The van der Waals surface area contributed by atoms with Gasteiger partial charge in [0.15, 0.2) is 0 Å². The zero-order chi connectivity index (χ0) is 14.5. The number of nitro benzene ring substituents is 1. The minimum atomic E-state index is -0.457. The number of rotatable bonds is 5. The smallest absolute Gasteiger partial charge is 0.270 e. The van der Waals surface area contributed by atoms with Crippen molar-refractivity contribution in [2.24, 2.45) is 0 Å². The van der Waals surface area contributed by atoms with Crippen molar-refractivity contribution in [3.05, 3.63) is 64.2 Å². The number of nitro groups is 1. The number of non-ortho nitro benzene ring substituents is 1. The van der Waals surface area contributed by atoms with Gasteiger partial charge in [0.25, 0.3) is 5.69 Å². The second kappa shape index (κ2) is 6.06. The van der Waals surface area contributed by atoms with Crippen molar-refractivity contribution >= 4 is 11.4 Å². The highest BCUT2D eigenvalue weighted by Gasteiger charge is 2.13. The zero-order valence-corrected chi connectivity index (χ0v) is 11.2. The molecular weight excluding hydrogens is 256 g/mol. The number of nitrogens with zero attached hydrogens (tertiary/aromatic N) is 2. The van der Waals surface area contributed by atoms with E-state index in [0.29, 0.717) is 12.1 Å². The Balaban J connectivity index is 2.28. The Morgan fingerprint density at radius 2 is 1.90 bits per heavy atom. The van der Waals surface area contributed by atoms with Crippen LogP contribution in [0, 0.1) is 10.1 Å². The van der Waals surface area contributed by atoms with Crippen LogP contribution in [0.25, 0.3) is 0 Å². The molecule has 0 aromatic heterocycles. The molecule has 0 fully saturated rings. The van der Waals surface area contributed by atoms with Crippen LogP contribution in [-0.2, 0) is 6.54 Å². The number of hydrogen-bond acceptors (Lipinski definition) is 4. The Morgan fingerprint density at radius 3 is 2.50 bits per heavy atom. The molecule has 0 saturated heterocycles. The van der Waals surface area contributed by atoms with Crippen molar-refractivity contribution in [1.29, 1.82) is 0 Å². The second-order valence-electron chi connectivity index (χ2n) is 4.42. The Labute approximate surface area is 117 Å². The molecule has 20 heavy (non-hydrogen) atoms. The Morgan fingerprint density at radius 1 is 1.20 bits per heavy atom. The van der Waals surface area contributed by atoms with Crippen LogP contribution < -0.4 is 4.90 Å². The summed E-state index contributed by atoms with van der Waals surface area (Å²) in [7, 11) is 0. The third-order valence-electron chi connectivity index (χ3n) is 3.14. The van der Waals surface area contributed by atoms with Gasteiger partial charge in [-0.2, -0.15) is 0 Å². The lowest BCUT2D eigenvalue weighted by molar-refractivity contribution is -0.384. The first-order chi connectivity index (χ1) is 9.61. The lowest BCUT2D eigenvalue weighted by Crippen LogP contribution is -2.21. The van der Waals surface area contributed by atoms with Gasteiger partial charge in [0, 0.05) is 36.5 Å². The summed E-state index contributed by atoms with van der Waals surface area (Å²) >= 11 is 0. The fourth-order valence-corrected chi connectivity index (χ4v) is 2.04. The number of benzene rings is 2. The number of anilines is 1. The Kier molecular flexibility index (Phi) is 4.20. The molecule has 0 aliphatic carbocycles. The number of aromatic hydroxyl groups is 1. The van der Waals surface area contributed by atoms with E-state index in [0.717, 1.165) is 12.2 Å². The van der Waals surface area contributed by atoms with Crippen molar-refractivity contribution in [3.63, 3.8) is 0 Å². The van der Waals surface area contributed by atoms with Crippen LogP contribution in [0.15, 0.2) is 48.5 Å². The SMILES string of the molecule is CCN(Cc1cc([N+](=O)[O-])ccc1O)c1ccccc1. The normalized spacial score (nSPS) is 10.2. The minimum absolute atomic E-state index is 0.0121. The highest BCUT2D eigenvalue weighted by atomic mass is 16.6. The fraction of sp³-hybridized carbons (Fsp3) is 0.200. The molecule has 2 aromatic rings. The number of para-hydroxylation sites is 1. The van der Waals surface area contributed by atoms with Crippen molar-refractivity contribution in [1.82, 2.24) is 0 Å². The van der Waals surface area contributed by atoms with E-state index in [9.17, 15) is 15.2 Å². The molecular formula is C15H16N2O3. The van der Waals surface area contributed by atoms with E-state index in [-0.39, 0.29) is 11.4 Å². The van der Waals surface area contributed by atoms with E-state index in [1.807, 2.05) is 42.2 Å². The first-order valence-electron chi connectivity index (χ1n) is 6.38. The molecule has 0 unspecified atom stereocenters. The maximum absolute atomic E-state index is 10.8. The summed E-state index contributed by atoms with van der Waals surface area (Å²) < 4.78 is 0. The minimum Gasteiger partial charge on any atom is -0.508 e. The average Bonchev–Trinajstić information content (AvgIpc) is 2.47. The summed E-state index contributed by atoms with van der Waals surface area (Å²) in [5, 5.41) is 20.7. The summed E-state index contributed by atoms with van der Waals surface area (Å²) in [6.45, 7) is 3.17. The van der Waals surface area contributed by atoms with Crippen LogP contribution in [-0.4, -0.2) is 16.6 Å². The van der Waals surface area contributed by atoms with E-state index >= 15 is 0 Å². The molecule has 0 aliphatic rings. The number of phenols is 1. The maximum Gasteiger partial charge on any atom is 0.270 e. The van der Waals surface area contributed by atoms with Gasteiger partial charge in [0.2, 0.25) is 0 Å². The molecule has 0 amide bonds. The molecule has 0 radical (unpaired) electrons. The monoisotopic (exact) mass is 272 g/mol. The van der Waals surface area contributed by atoms with Gasteiger partial charge in [0.05, 0.1) is 4.92 Å². The predicted molar refractivity (Wildman–Crippen MR) is 77.9 cm³/mol. The van der Waals surface area contributed by atoms with Gasteiger partial charge in [-0.1, -0.05) is 18.2 Å². The predicted octanol–water partition coefficient (Wildman–Crippen LogP) is 3.33. The lowest BCUT2D eigenvalue weighted by atomic mass is 10.1. The molecule has 1 N–H and O–H groups in total. The molecule has 0 aliphatic heterocycles. The van der Waals surface area contributed by atoms with E-state index in [2.05, 4.69) is 0 Å². The van der Waals surface area contributed by atoms with Crippen molar-refractivity contribution in [3.8, 4) is 5.75 Å². The molecule has 0 spiro atoms. The van der Waals surface area contributed by atoms with Gasteiger partial charge < -0.3 is 10.0 Å². The molecule has 2 aromatic carbocycles. The highest BCUT2D eigenvalue weighted by Crippen LogP contribution is 2.26. The van der Waals surface area contributed by atoms with Gasteiger partial charge in [-0.3, -0.25) is 10.1 Å². The van der Waals surface area contributed by atoms with Gasteiger partial charge in [0.1, 0.15) is 5.75 Å². The first-order valence-corrected chi connectivity index (χ1v) is 6.38. The lowest BCUT2D eigenvalue weighted by Gasteiger charge is -2.23. The van der Waals surface area contributed by atoms with Crippen LogP contribution in [0.2, 0.25) is 0 Å². The molecule has 5 nitrogen and oxygen atoms in total. The van der Waals surface area contributed by atoms with E-state index in [1.54, 1.807) is 0 Å². The van der Waals surface area contributed by atoms with Crippen molar-refractivity contribution in [2.75, 3.05) is 11.4 Å². The van der Waals surface area contributed by atoms with E-state index in [4.69, 9.17) is 0 Å². The summed E-state index contributed by atoms with van der Waals surface area (Å²) in [5.74, 6) is 0.0741. The maximum atomic E-state index is 10.8. The molecule has 0 heterocycles. The molecule has 0 atom stereocenters. The first kappa shape index (κ1) is 13.9. The van der Waals surface area contributed by atoms with Crippen molar-refractivity contribution in [2.45, 2.75) is 13.5 Å². The Hall–Kier alpha value is -2.56. The van der Waals surface area contributed by atoms with Crippen molar-refractivity contribution < 1.29 is 10.0 Å². The molecule has 0 saturated carbocycles. The molecule has 0 bridgehead atoms. The average molecular weight is 272 g/mol. The van der Waals surface area contributed by atoms with Gasteiger partial charge in [-0.25, -0.2) is 0 Å². The van der Waals surface area contributed by atoms with Crippen LogP contribution in [0.4, 0.5) is 11.4 Å². The third-order valence-corrected chi connectivity index (χ3v) is 3.14. The third kappa shape index (κ3) is 3.06. The van der Waals surface area contributed by atoms with Crippen LogP contribution >= 0.6 is 0 Å². The molecule has 104 valence electrons. The summed E-state index contributed by atoms with van der Waals surface area (Å²) in [5.41, 5.74) is 1.55. The second-order valence-corrected chi connectivity index (χ2v) is 4.42. The van der Waals surface area contributed by atoms with Gasteiger partial charge >= 0.3 is 0 Å². The van der Waals surface area contributed by atoms with E-state index in [1.165, 1.54) is 18.2 Å². The Bertz CT molecular complexity index is 599. The van der Waals surface area contributed by atoms with E-state index < -0.39 is 4.92 Å². The van der Waals surface area contributed by atoms with Gasteiger partial charge in [-0.15, -0.1) is 0 Å². The zero-order valence-electron chi connectivity index (χ0n) is 11.2. The number of phenolic OH excluding ortho intramolecular Hbond substituents is 1. The molecule has 2 rings (SSSR count). The highest BCUT2D eigenvalue weighted by molar-refractivity contribution is 5.50. The largest absolute Gasteiger partial charge is 0.508 e. The summed E-state index contributed by atoms with van der Waals surface area (Å²) in [6, 6.07) is 13.8. The van der Waals surface area contributed by atoms with Gasteiger partial charge in [-0.05, 0) is 25.1 Å².